The van der Waals surface area contributed by atoms with Crippen LogP contribution in [0.2, 0.25) is 0 Å². The van der Waals surface area contributed by atoms with Crippen molar-refractivity contribution >= 4 is 5.76 Å². The van der Waals surface area contributed by atoms with Gasteiger partial charge in [0, 0.05) is 6.20 Å². The molecule has 72 valence electrons. The van der Waals surface area contributed by atoms with Gasteiger partial charge in [-0.3, -0.25) is 4.98 Å². The van der Waals surface area contributed by atoms with Gasteiger partial charge in [0.25, 0.3) is 0 Å². The van der Waals surface area contributed by atoms with Crippen molar-refractivity contribution in [2.24, 2.45) is 5.92 Å². The highest BCUT2D eigenvalue weighted by Gasteiger charge is 1.91. The third-order valence-corrected chi connectivity index (χ3v) is 0.961. The van der Waals surface area contributed by atoms with Crippen LogP contribution in [-0.2, 0) is 0 Å². The van der Waals surface area contributed by atoms with Crippen LogP contribution in [0.25, 0.3) is 5.76 Å². The highest BCUT2D eigenvalue weighted by Crippen LogP contribution is 2.01. The molecule has 0 saturated carbocycles. The molecule has 0 fully saturated rings. The molecule has 1 heterocycles. The highest BCUT2D eigenvalue weighted by atomic mass is 16.3. The van der Waals surface area contributed by atoms with Crippen LogP contribution >= 0.6 is 0 Å². The Bertz CT molecular complexity index is 239. The summed E-state index contributed by atoms with van der Waals surface area (Å²) in [4.78, 5) is 3.83. The molecule has 2 heteroatoms. The van der Waals surface area contributed by atoms with Crippen LogP contribution in [0.1, 0.15) is 26.5 Å². The average molecular weight is 179 g/mol. The van der Waals surface area contributed by atoms with Gasteiger partial charge >= 0.3 is 0 Å². The van der Waals surface area contributed by atoms with Crippen molar-refractivity contribution in [3.63, 3.8) is 0 Å². The highest BCUT2D eigenvalue weighted by molar-refractivity contribution is 5.50. The molecule has 0 bridgehead atoms. The molecule has 1 rings (SSSR count). The van der Waals surface area contributed by atoms with E-state index < -0.39 is 0 Å². The Hall–Kier alpha value is -1.31. The van der Waals surface area contributed by atoms with E-state index in [0.717, 1.165) is 5.92 Å². The van der Waals surface area contributed by atoms with Crippen LogP contribution < -0.4 is 0 Å². The second-order valence-corrected chi connectivity index (χ2v) is 3.39. The van der Waals surface area contributed by atoms with Crippen molar-refractivity contribution < 1.29 is 5.11 Å². The molecular formula is C11H17NO. The molecule has 0 atom stereocenters. The number of rotatable bonds is 1. The van der Waals surface area contributed by atoms with Crippen LogP contribution in [0.4, 0.5) is 0 Å². The second-order valence-electron chi connectivity index (χ2n) is 3.39. The Labute approximate surface area is 80.0 Å². The quantitative estimate of drug-likeness (QED) is 0.671. The molecule has 0 radical (unpaired) electrons. The molecule has 2 nitrogen and oxygen atoms in total. The van der Waals surface area contributed by atoms with Gasteiger partial charge in [-0.15, -0.1) is 0 Å². The van der Waals surface area contributed by atoms with Gasteiger partial charge in [0.05, 0.1) is 0 Å². The summed E-state index contributed by atoms with van der Waals surface area (Å²) in [6, 6.07) is 5.28. The zero-order chi connectivity index (χ0) is 10.3. The average Bonchev–Trinajstić information content (AvgIpc) is 2.05. The molecule has 0 saturated heterocycles. The SMILES string of the molecule is C=C(O)c1ccccn1.CC(C)C. The number of pyridine rings is 1. The van der Waals surface area contributed by atoms with Crippen molar-refractivity contribution in [1.82, 2.24) is 4.98 Å². The van der Waals surface area contributed by atoms with Crippen LogP contribution in [0.15, 0.2) is 31.0 Å². The van der Waals surface area contributed by atoms with Crippen molar-refractivity contribution in [3.05, 3.63) is 36.7 Å². The third-order valence-electron chi connectivity index (χ3n) is 0.961. The van der Waals surface area contributed by atoms with Gasteiger partial charge in [0.2, 0.25) is 0 Å². The monoisotopic (exact) mass is 179 g/mol. The Balaban J connectivity index is 0.000000310. The first-order valence-corrected chi connectivity index (χ1v) is 4.33. The fourth-order valence-electron chi connectivity index (χ4n) is 0.533. The van der Waals surface area contributed by atoms with E-state index in [1.807, 2.05) is 0 Å². The predicted molar refractivity (Wildman–Crippen MR) is 56.4 cm³/mol. The van der Waals surface area contributed by atoms with Gasteiger partial charge in [-0.05, 0) is 18.1 Å². The third kappa shape index (κ3) is 7.06. The van der Waals surface area contributed by atoms with Crippen LogP contribution in [0.5, 0.6) is 0 Å². The van der Waals surface area contributed by atoms with Crippen LogP contribution in [0, 0.1) is 5.92 Å². The Morgan fingerprint density at radius 2 is 1.92 bits per heavy atom. The summed E-state index contributed by atoms with van der Waals surface area (Å²) in [6.07, 6.45) is 1.61. The van der Waals surface area contributed by atoms with Crippen molar-refractivity contribution in [3.8, 4) is 0 Å². The Morgan fingerprint density at radius 3 is 2.15 bits per heavy atom. The van der Waals surface area contributed by atoms with E-state index in [1.165, 1.54) is 0 Å². The number of aliphatic hydroxyl groups excluding tert-OH is 1. The zero-order valence-electron chi connectivity index (χ0n) is 8.49. The topological polar surface area (TPSA) is 33.1 Å². The fraction of sp³-hybridized carbons (Fsp3) is 0.364. The first-order valence-electron chi connectivity index (χ1n) is 4.33. The van der Waals surface area contributed by atoms with Gasteiger partial charge in [-0.2, -0.15) is 0 Å². The fourth-order valence-corrected chi connectivity index (χ4v) is 0.533. The van der Waals surface area contributed by atoms with Gasteiger partial charge in [0.1, 0.15) is 11.5 Å². The molecule has 1 N–H and O–H groups in total. The maximum Gasteiger partial charge on any atom is 0.134 e. The Kier molecular flexibility index (Phi) is 5.60. The number of aromatic nitrogens is 1. The molecule has 0 aliphatic heterocycles. The molecule has 1 aromatic heterocycles. The van der Waals surface area contributed by atoms with E-state index >= 15 is 0 Å². The molecule has 0 amide bonds. The molecule has 0 aliphatic carbocycles. The second kappa shape index (κ2) is 6.23. The van der Waals surface area contributed by atoms with Crippen LogP contribution in [0.3, 0.4) is 0 Å². The van der Waals surface area contributed by atoms with E-state index in [9.17, 15) is 0 Å². The van der Waals surface area contributed by atoms with E-state index in [1.54, 1.807) is 24.4 Å². The van der Waals surface area contributed by atoms with Gasteiger partial charge in [-0.25, -0.2) is 0 Å². The standard InChI is InChI=1S/C7H7NO.C4H10/c1-6(9)7-4-2-3-5-8-7;1-4(2)3/h2-5,9H,1H2;4H,1-3H3. The molecule has 0 aromatic carbocycles. The lowest BCUT2D eigenvalue weighted by atomic mass is 10.3. The Morgan fingerprint density at radius 1 is 1.38 bits per heavy atom. The van der Waals surface area contributed by atoms with Crippen molar-refractivity contribution in [2.45, 2.75) is 20.8 Å². The minimum absolute atomic E-state index is 0.00981. The van der Waals surface area contributed by atoms with Gasteiger partial charge < -0.3 is 5.11 Å². The first-order chi connectivity index (χ1) is 6.04. The molecule has 1 aromatic rings. The molecular weight excluding hydrogens is 162 g/mol. The summed E-state index contributed by atoms with van der Waals surface area (Å²) in [7, 11) is 0. The van der Waals surface area contributed by atoms with Crippen molar-refractivity contribution in [1.29, 1.82) is 0 Å². The summed E-state index contributed by atoms with van der Waals surface area (Å²) in [6.45, 7) is 9.82. The van der Waals surface area contributed by atoms with E-state index in [-0.39, 0.29) is 5.76 Å². The smallest absolute Gasteiger partial charge is 0.134 e. The summed E-state index contributed by atoms with van der Waals surface area (Å²) in [5.41, 5.74) is 0.525. The molecule has 13 heavy (non-hydrogen) atoms. The lowest BCUT2D eigenvalue weighted by Gasteiger charge is -1.92. The minimum Gasteiger partial charge on any atom is -0.506 e. The van der Waals surface area contributed by atoms with Crippen LogP contribution in [-0.4, -0.2) is 10.1 Å². The zero-order valence-corrected chi connectivity index (χ0v) is 8.49. The van der Waals surface area contributed by atoms with E-state index in [2.05, 4.69) is 32.3 Å². The maximum atomic E-state index is 8.77. The largest absolute Gasteiger partial charge is 0.506 e. The van der Waals surface area contributed by atoms with E-state index in [0.29, 0.717) is 5.69 Å². The van der Waals surface area contributed by atoms with Gasteiger partial charge in [0.15, 0.2) is 0 Å². The summed E-state index contributed by atoms with van der Waals surface area (Å²) in [5, 5.41) is 8.77. The van der Waals surface area contributed by atoms with Crippen molar-refractivity contribution in [2.75, 3.05) is 0 Å². The van der Waals surface area contributed by atoms with Gasteiger partial charge in [-0.1, -0.05) is 33.4 Å². The maximum absolute atomic E-state index is 8.77. The lowest BCUT2D eigenvalue weighted by molar-refractivity contribution is 0.510. The lowest BCUT2D eigenvalue weighted by Crippen LogP contribution is -1.82. The number of hydrogen-bond acceptors (Lipinski definition) is 2. The number of nitrogens with zero attached hydrogens (tertiary/aromatic N) is 1. The minimum atomic E-state index is 0.00981. The summed E-state index contributed by atoms with van der Waals surface area (Å²) < 4.78 is 0. The number of aliphatic hydroxyl groups is 1. The molecule has 0 unspecified atom stereocenters. The summed E-state index contributed by atoms with van der Waals surface area (Å²) in [5.74, 6) is 0.843. The predicted octanol–water partition coefficient (Wildman–Crippen LogP) is 3.27. The van der Waals surface area contributed by atoms with E-state index in [4.69, 9.17) is 5.11 Å². The summed E-state index contributed by atoms with van der Waals surface area (Å²) >= 11 is 0. The number of hydrogen-bond donors (Lipinski definition) is 1. The first kappa shape index (κ1) is 11.7. The molecule has 0 aliphatic rings. The molecule has 0 spiro atoms. The normalized spacial score (nSPS) is 8.92.